The second-order valence-electron chi connectivity index (χ2n) is 8.78. The summed E-state index contributed by atoms with van der Waals surface area (Å²) in [5, 5.41) is 1.25. The van der Waals surface area contributed by atoms with E-state index in [1.165, 1.54) is 17.7 Å². The first-order valence-electron chi connectivity index (χ1n) is 11.9. The summed E-state index contributed by atoms with van der Waals surface area (Å²) in [7, 11) is 0. The van der Waals surface area contributed by atoms with Crippen LogP contribution in [-0.4, -0.2) is 0 Å². The van der Waals surface area contributed by atoms with E-state index in [-0.39, 0.29) is 16.7 Å². The third kappa shape index (κ3) is 5.09. The number of rotatable bonds is 9. The van der Waals surface area contributed by atoms with Gasteiger partial charge in [-0.15, -0.1) is 6.58 Å². The van der Waals surface area contributed by atoms with Gasteiger partial charge in [-0.25, -0.2) is 13.2 Å². The second kappa shape index (κ2) is 10.7. The summed E-state index contributed by atoms with van der Waals surface area (Å²) in [6.45, 7) is 5.88. The Labute approximate surface area is 199 Å². The highest BCUT2D eigenvalue weighted by atomic mass is 19.1. The highest BCUT2D eigenvalue weighted by Gasteiger charge is 2.17. The molecule has 0 unspecified atom stereocenters. The van der Waals surface area contributed by atoms with Crippen molar-refractivity contribution < 1.29 is 13.2 Å². The van der Waals surface area contributed by atoms with Crippen LogP contribution in [0.3, 0.4) is 0 Å². The first-order chi connectivity index (χ1) is 16.5. The van der Waals surface area contributed by atoms with Gasteiger partial charge in [-0.2, -0.15) is 0 Å². The fraction of sp³-hybridized carbons (Fsp3) is 0.226. The van der Waals surface area contributed by atoms with Gasteiger partial charge in [0, 0.05) is 10.9 Å². The van der Waals surface area contributed by atoms with Crippen molar-refractivity contribution in [3.63, 3.8) is 0 Å². The average Bonchev–Trinajstić information content (AvgIpc) is 2.83. The van der Waals surface area contributed by atoms with E-state index in [0.29, 0.717) is 10.9 Å². The minimum Gasteiger partial charge on any atom is -0.206 e. The highest BCUT2D eigenvalue weighted by molar-refractivity contribution is 5.89. The Morgan fingerprint density at radius 1 is 0.735 bits per heavy atom. The summed E-state index contributed by atoms with van der Waals surface area (Å²) in [5.74, 6) is -1.88. The third-order valence-electron chi connectivity index (χ3n) is 6.32. The van der Waals surface area contributed by atoms with Gasteiger partial charge in [0.15, 0.2) is 0 Å². The van der Waals surface area contributed by atoms with Crippen molar-refractivity contribution in [2.24, 2.45) is 0 Å². The summed E-state index contributed by atoms with van der Waals surface area (Å²) in [6.07, 6.45) is 7.88. The summed E-state index contributed by atoms with van der Waals surface area (Å²) in [4.78, 5) is 0. The van der Waals surface area contributed by atoms with Crippen LogP contribution in [0, 0.1) is 17.5 Å². The molecule has 174 valence electrons. The van der Waals surface area contributed by atoms with E-state index in [4.69, 9.17) is 0 Å². The number of halogens is 3. The van der Waals surface area contributed by atoms with Gasteiger partial charge in [0.2, 0.25) is 0 Å². The van der Waals surface area contributed by atoms with E-state index >= 15 is 13.2 Å². The van der Waals surface area contributed by atoms with Gasteiger partial charge in [0.25, 0.3) is 0 Å². The lowest BCUT2D eigenvalue weighted by molar-refractivity contribution is 0.590. The van der Waals surface area contributed by atoms with Crippen molar-refractivity contribution in [3.05, 3.63) is 108 Å². The molecule has 0 fully saturated rings. The highest BCUT2D eigenvalue weighted by Crippen LogP contribution is 2.34. The van der Waals surface area contributed by atoms with Crippen LogP contribution in [0.25, 0.3) is 33.0 Å². The predicted molar refractivity (Wildman–Crippen MR) is 136 cm³/mol. The molecule has 4 aromatic carbocycles. The summed E-state index contributed by atoms with van der Waals surface area (Å²) < 4.78 is 45.5. The molecule has 0 heterocycles. The van der Waals surface area contributed by atoms with E-state index in [1.807, 2.05) is 36.4 Å². The lowest BCUT2D eigenvalue weighted by Crippen LogP contribution is -1.95. The normalized spacial score (nSPS) is 11.2. The van der Waals surface area contributed by atoms with Crippen LogP contribution in [0.4, 0.5) is 13.2 Å². The minimum absolute atomic E-state index is 0.100. The Morgan fingerprint density at radius 2 is 1.44 bits per heavy atom. The van der Waals surface area contributed by atoms with Crippen LogP contribution in [0.1, 0.15) is 43.7 Å². The predicted octanol–water partition coefficient (Wildman–Crippen LogP) is 9.44. The molecule has 4 rings (SSSR count). The van der Waals surface area contributed by atoms with Crippen molar-refractivity contribution in [2.45, 2.75) is 45.4 Å². The van der Waals surface area contributed by atoms with Crippen molar-refractivity contribution in [3.8, 4) is 22.3 Å². The van der Waals surface area contributed by atoms with Crippen LogP contribution in [-0.2, 0) is 12.8 Å². The number of hydrogen-bond donors (Lipinski definition) is 0. The quantitative estimate of drug-likeness (QED) is 0.173. The van der Waals surface area contributed by atoms with Gasteiger partial charge in [-0.3, -0.25) is 0 Å². The maximum absolute atomic E-state index is 15.4. The van der Waals surface area contributed by atoms with Crippen LogP contribution in [0.2, 0.25) is 0 Å². The Morgan fingerprint density at radius 3 is 2.12 bits per heavy atom. The summed E-state index contributed by atoms with van der Waals surface area (Å²) >= 11 is 0. The molecule has 0 aliphatic heterocycles. The zero-order valence-corrected chi connectivity index (χ0v) is 19.5. The van der Waals surface area contributed by atoms with Gasteiger partial charge in [0.1, 0.15) is 17.5 Å². The topological polar surface area (TPSA) is 0 Å². The molecule has 0 radical (unpaired) electrons. The van der Waals surface area contributed by atoms with Crippen molar-refractivity contribution >= 4 is 10.8 Å². The lowest BCUT2D eigenvalue weighted by atomic mass is 9.95. The number of unbranched alkanes of at least 4 members (excludes halogenated alkanes) is 2. The van der Waals surface area contributed by atoms with Crippen LogP contribution in [0.5, 0.6) is 0 Å². The number of fused-ring (bicyclic) bond motifs is 1. The molecule has 0 aliphatic rings. The lowest BCUT2D eigenvalue weighted by Gasteiger charge is -2.12. The van der Waals surface area contributed by atoms with Crippen molar-refractivity contribution in [1.29, 1.82) is 0 Å². The molecule has 0 N–H and O–H groups in total. The molecule has 0 saturated heterocycles. The molecule has 4 aromatic rings. The molecular weight excluding hydrogens is 429 g/mol. The third-order valence-corrected chi connectivity index (χ3v) is 6.32. The molecule has 34 heavy (non-hydrogen) atoms. The molecular formula is C31H29F3. The standard InChI is InChI=1S/C31H29F3/c1-3-5-7-9-22-12-16-26-24(18-22)15-17-27(31(26)34)25-19-28(32)30(29(33)20-25)23-13-10-21(11-14-23)8-6-4-2/h4,10-20H,2-3,5-9H2,1H3. The molecule has 0 aliphatic carbocycles. The monoisotopic (exact) mass is 458 g/mol. The zero-order valence-electron chi connectivity index (χ0n) is 19.5. The van der Waals surface area contributed by atoms with Crippen LogP contribution >= 0.6 is 0 Å². The Bertz CT molecular complexity index is 1280. The number of benzene rings is 4. The molecule has 0 nitrogen and oxygen atoms in total. The number of allylic oxidation sites excluding steroid dienone is 1. The Hall–Kier alpha value is -3.33. The summed E-state index contributed by atoms with van der Waals surface area (Å²) in [5.41, 5.74) is 2.98. The fourth-order valence-electron chi connectivity index (χ4n) is 4.41. The number of aryl methyl sites for hydroxylation is 2. The van der Waals surface area contributed by atoms with Crippen LogP contribution < -0.4 is 0 Å². The first-order valence-corrected chi connectivity index (χ1v) is 11.9. The molecule has 3 heteroatoms. The van der Waals surface area contributed by atoms with Gasteiger partial charge in [0.05, 0.1) is 5.56 Å². The SMILES string of the molecule is C=CCCc1ccc(-c2c(F)cc(-c3ccc4cc(CCCCC)ccc4c3F)cc2F)cc1. The van der Waals surface area contributed by atoms with Crippen molar-refractivity contribution in [2.75, 3.05) is 0 Å². The van der Waals surface area contributed by atoms with Gasteiger partial charge in [-0.05, 0) is 65.5 Å². The molecule has 0 atom stereocenters. The molecule has 0 saturated carbocycles. The average molecular weight is 459 g/mol. The molecule has 0 spiro atoms. The zero-order chi connectivity index (χ0) is 24.1. The minimum atomic E-state index is -0.709. The van der Waals surface area contributed by atoms with Crippen LogP contribution in [0.15, 0.2) is 79.4 Å². The molecule has 0 aromatic heterocycles. The summed E-state index contributed by atoms with van der Waals surface area (Å²) in [6, 6.07) is 18.7. The van der Waals surface area contributed by atoms with E-state index in [0.717, 1.165) is 49.5 Å². The molecule has 0 bridgehead atoms. The first kappa shape index (κ1) is 23.8. The molecule has 0 amide bonds. The maximum atomic E-state index is 15.4. The largest absolute Gasteiger partial charge is 0.206 e. The van der Waals surface area contributed by atoms with E-state index < -0.39 is 17.5 Å². The van der Waals surface area contributed by atoms with Crippen molar-refractivity contribution in [1.82, 2.24) is 0 Å². The van der Waals surface area contributed by atoms with E-state index in [9.17, 15) is 0 Å². The smallest absolute Gasteiger partial charge is 0.138 e. The Balaban J connectivity index is 1.65. The van der Waals surface area contributed by atoms with E-state index in [1.54, 1.807) is 24.3 Å². The fourth-order valence-corrected chi connectivity index (χ4v) is 4.41. The van der Waals surface area contributed by atoms with Gasteiger partial charge in [-0.1, -0.05) is 80.4 Å². The number of hydrogen-bond acceptors (Lipinski definition) is 0. The maximum Gasteiger partial charge on any atom is 0.138 e. The van der Waals surface area contributed by atoms with E-state index in [2.05, 4.69) is 13.5 Å². The van der Waals surface area contributed by atoms with Gasteiger partial charge >= 0.3 is 0 Å². The van der Waals surface area contributed by atoms with Gasteiger partial charge < -0.3 is 0 Å². The Kier molecular flexibility index (Phi) is 7.52. The second-order valence-corrected chi connectivity index (χ2v) is 8.78.